The normalized spacial score (nSPS) is 12.7. The van der Waals surface area contributed by atoms with Gasteiger partial charge in [0, 0.05) is 0 Å². The van der Waals surface area contributed by atoms with Gasteiger partial charge in [0.1, 0.15) is 0 Å². The number of alkyl halides is 2. The molecule has 1 nitrogen and oxygen atoms in total. The number of fused-ring (bicyclic) bond motifs is 2. The molecule has 1 heterocycles. The second-order valence-corrected chi connectivity index (χ2v) is 5.32. The zero-order valence-electron chi connectivity index (χ0n) is 10.8. The van der Waals surface area contributed by atoms with Crippen LogP contribution in [0.4, 0.5) is 26.0 Å². The third-order valence-corrected chi connectivity index (χ3v) is 3.90. The van der Waals surface area contributed by atoms with Crippen LogP contribution >= 0.6 is 0 Å². The lowest BCUT2D eigenvalue weighted by Crippen LogP contribution is -2.04. The largest absolute Gasteiger partial charge is 0.673 e. The molecule has 1 aliphatic rings. The van der Waals surface area contributed by atoms with Gasteiger partial charge in [-0.05, 0) is 24.3 Å². The van der Waals surface area contributed by atoms with Crippen LogP contribution in [0.1, 0.15) is 12.0 Å². The standard InChI is InChI=1S/C13H8F2OS.BF4/c14-13(15)8-4-3-6-10-12(8)17-11-7-2-1-5-9(11)16-10;2-1(3,4)5/h1-7,13H;/q;-1/p+1. The van der Waals surface area contributed by atoms with Crippen molar-refractivity contribution < 1.29 is 30.8 Å². The minimum atomic E-state index is -6.00. The monoisotopic (exact) mass is 338 g/mol. The van der Waals surface area contributed by atoms with Crippen molar-refractivity contribution in [3.8, 4) is 11.5 Å². The number of rotatable bonds is 1. The van der Waals surface area contributed by atoms with Crippen LogP contribution < -0.4 is 4.74 Å². The van der Waals surface area contributed by atoms with Crippen LogP contribution in [0.2, 0.25) is 0 Å². The zero-order chi connectivity index (χ0) is 16.3. The van der Waals surface area contributed by atoms with E-state index in [9.17, 15) is 26.0 Å². The minimum absolute atomic E-state index is 0.0543. The molecular weight excluding hydrogens is 329 g/mol. The summed E-state index contributed by atoms with van der Waals surface area (Å²) in [6.45, 7) is 0. The van der Waals surface area contributed by atoms with Crippen molar-refractivity contribution >= 4 is 19.0 Å². The summed E-state index contributed by atoms with van der Waals surface area (Å²) in [6, 6.07) is 12.3. The molecule has 1 aliphatic heterocycles. The van der Waals surface area contributed by atoms with Crippen LogP contribution in [-0.2, 0) is 11.8 Å². The quantitative estimate of drug-likeness (QED) is 0.254. The molecule has 3 rings (SSSR count). The van der Waals surface area contributed by atoms with Gasteiger partial charge in [-0.2, -0.15) is 0 Å². The SMILES string of the molecule is FC(F)c1cccc2c1[SH+]c1ccccc1O2.F[B-](F)(F)F. The van der Waals surface area contributed by atoms with Crippen molar-refractivity contribution in [1.29, 1.82) is 0 Å². The summed E-state index contributed by atoms with van der Waals surface area (Å²) < 4.78 is 70.4. The molecule has 0 bridgehead atoms. The second kappa shape index (κ2) is 6.56. The van der Waals surface area contributed by atoms with Gasteiger partial charge in [-0.25, -0.2) is 8.78 Å². The molecule has 2 aromatic rings. The molecule has 0 aliphatic carbocycles. The highest BCUT2D eigenvalue weighted by Gasteiger charge is 2.30. The first-order valence-electron chi connectivity index (χ1n) is 6.02. The van der Waals surface area contributed by atoms with Crippen LogP contribution in [0, 0.1) is 0 Å². The van der Waals surface area contributed by atoms with E-state index in [0.29, 0.717) is 10.6 Å². The highest BCUT2D eigenvalue weighted by Crippen LogP contribution is 2.41. The lowest BCUT2D eigenvalue weighted by molar-refractivity contribution is 0.147. The van der Waals surface area contributed by atoms with E-state index in [1.807, 2.05) is 24.3 Å². The average molecular weight is 338 g/mol. The maximum atomic E-state index is 12.9. The molecule has 0 fully saturated rings. The highest BCUT2D eigenvalue weighted by atomic mass is 32.2. The van der Waals surface area contributed by atoms with Gasteiger partial charge in [0.15, 0.2) is 11.5 Å². The average Bonchev–Trinajstić information content (AvgIpc) is 2.42. The van der Waals surface area contributed by atoms with Crippen molar-refractivity contribution in [3.05, 3.63) is 48.0 Å². The first-order valence-corrected chi connectivity index (χ1v) is 6.92. The fourth-order valence-electron chi connectivity index (χ4n) is 1.79. The van der Waals surface area contributed by atoms with Crippen molar-refractivity contribution in [2.24, 2.45) is 0 Å². The maximum absolute atomic E-state index is 12.9. The van der Waals surface area contributed by atoms with E-state index in [-0.39, 0.29) is 5.56 Å². The molecule has 0 radical (unpaired) electrons. The molecule has 9 heteroatoms. The molecule has 0 atom stereocenters. The fraction of sp³-hybridized carbons (Fsp3) is 0.0769. The molecule has 0 amide bonds. The Balaban J connectivity index is 0.000000309. The maximum Gasteiger partial charge on any atom is 0.673 e. The summed E-state index contributed by atoms with van der Waals surface area (Å²) in [5, 5.41) is 0. The molecule has 0 saturated heterocycles. The van der Waals surface area contributed by atoms with Crippen molar-refractivity contribution in [2.45, 2.75) is 16.2 Å². The summed E-state index contributed by atoms with van der Waals surface area (Å²) >= 11 is 0.781. The predicted molar refractivity (Wildman–Crippen MR) is 73.4 cm³/mol. The molecular formula is C13H9BF6OS. The first kappa shape index (κ1) is 16.6. The fourth-order valence-corrected chi connectivity index (χ4v) is 2.96. The Kier molecular flexibility index (Phi) is 4.95. The van der Waals surface area contributed by atoms with E-state index in [0.717, 1.165) is 22.4 Å². The van der Waals surface area contributed by atoms with E-state index in [1.54, 1.807) is 12.1 Å². The molecule has 0 N–H and O–H groups in total. The number of ether oxygens (including phenoxy) is 1. The van der Waals surface area contributed by atoms with Gasteiger partial charge in [0.25, 0.3) is 6.43 Å². The van der Waals surface area contributed by atoms with E-state index < -0.39 is 13.7 Å². The number of thiol groups is 1. The Labute approximate surface area is 126 Å². The molecule has 0 spiro atoms. The summed E-state index contributed by atoms with van der Waals surface area (Å²) in [7, 11) is -6.00. The number of benzene rings is 2. The smallest absolute Gasteiger partial charge is 0.447 e. The Morgan fingerprint density at radius 3 is 2.09 bits per heavy atom. The van der Waals surface area contributed by atoms with Crippen molar-refractivity contribution in [2.75, 3.05) is 0 Å². The summed E-state index contributed by atoms with van der Waals surface area (Å²) in [6.07, 6.45) is -2.47. The number of hydrogen-bond acceptors (Lipinski definition) is 1. The molecule has 0 aromatic heterocycles. The lowest BCUT2D eigenvalue weighted by Gasteiger charge is -2.15. The van der Waals surface area contributed by atoms with Crippen LogP contribution in [-0.4, -0.2) is 7.25 Å². The second-order valence-electron chi connectivity index (χ2n) is 4.17. The molecule has 2 aromatic carbocycles. The van der Waals surface area contributed by atoms with Crippen LogP contribution in [0.25, 0.3) is 0 Å². The number of para-hydroxylation sites is 1. The topological polar surface area (TPSA) is 9.23 Å². The molecule has 0 saturated carbocycles. The van der Waals surface area contributed by atoms with E-state index >= 15 is 0 Å². The molecule has 22 heavy (non-hydrogen) atoms. The van der Waals surface area contributed by atoms with E-state index in [2.05, 4.69) is 0 Å². The van der Waals surface area contributed by atoms with Crippen LogP contribution in [0.5, 0.6) is 11.5 Å². The molecule has 0 unspecified atom stereocenters. The van der Waals surface area contributed by atoms with Crippen molar-refractivity contribution in [1.82, 2.24) is 0 Å². The molecule has 118 valence electrons. The van der Waals surface area contributed by atoms with Gasteiger partial charge >= 0.3 is 7.25 Å². The third-order valence-electron chi connectivity index (χ3n) is 2.58. The van der Waals surface area contributed by atoms with E-state index in [4.69, 9.17) is 4.74 Å². The van der Waals surface area contributed by atoms with Crippen LogP contribution in [0.15, 0.2) is 52.3 Å². The van der Waals surface area contributed by atoms with Gasteiger partial charge in [-0.3, -0.25) is 0 Å². The Morgan fingerprint density at radius 2 is 1.45 bits per heavy atom. The number of halogens is 6. The van der Waals surface area contributed by atoms with Gasteiger partial charge < -0.3 is 22.0 Å². The minimum Gasteiger partial charge on any atom is -0.447 e. The Morgan fingerprint density at radius 1 is 0.864 bits per heavy atom. The van der Waals surface area contributed by atoms with Gasteiger partial charge in [-0.1, -0.05) is 18.2 Å². The van der Waals surface area contributed by atoms with Crippen LogP contribution in [0.3, 0.4) is 0 Å². The van der Waals surface area contributed by atoms with Gasteiger partial charge in [0.2, 0.25) is 9.79 Å². The lowest BCUT2D eigenvalue weighted by atomic mass is 10.2. The highest BCUT2D eigenvalue weighted by molar-refractivity contribution is 7.79. The third kappa shape index (κ3) is 4.36. The Bertz CT molecular complexity index is 655. The van der Waals surface area contributed by atoms with Gasteiger partial charge in [-0.15, -0.1) is 0 Å². The Hall–Kier alpha value is -1.77. The van der Waals surface area contributed by atoms with Gasteiger partial charge in [0.05, 0.1) is 17.3 Å². The van der Waals surface area contributed by atoms with E-state index in [1.165, 1.54) is 6.07 Å². The zero-order valence-corrected chi connectivity index (χ0v) is 11.7. The number of hydrogen-bond donors (Lipinski definition) is 0. The first-order chi connectivity index (χ1) is 10.3. The summed E-state index contributed by atoms with van der Waals surface area (Å²) in [5.41, 5.74) is 0.0543. The van der Waals surface area contributed by atoms with Crippen molar-refractivity contribution in [3.63, 3.8) is 0 Å². The summed E-state index contributed by atoms with van der Waals surface area (Å²) in [5.74, 6) is 1.27. The summed E-state index contributed by atoms with van der Waals surface area (Å²) in [4.78, 5) is 1.49. The predicted octanol–water partition coefficient (Wildman–Crippen LogP) is 5.26.